The number of fused-ring (bicyclic) bond motifs is 1. The van der Waals surface area contributed by atoms with E-state index in [-0.39, 0.29) is 11.9 Å². The van der Waals surface area contributed by atoms with Crippen LogP contribution in [0, 0.1) is 0 Å². The number of carbonyl (C=O) groups is 1. The first-order valence-corrected chi connectivity index (χ1v) is 8.23. The number of benzene rings is 1. The molecule has 3 aromatic rings. The highest BCUT2D eigenvalue weighted by Gasteiger charge is 2.11. The van der Waals surface area contributed by atoms with Crippen molar-refractivity contribution in [3.05, 3.63) is 47.2 Å². The van der Waals surface area contributed by atoms with Gasteiger partial charge in [0, 0.05) is 6.20 Å². The van der Waals surface area contributed by atoms with Gasteiger partial charge in [0.2, 0.25) is 5.95 Å². The van der Waals surface area contributed by atoms with E-state index >= 15 is 0 Å². The summed E-state index contributed by atoms with van der Waals surface area (Å²) in [5, 5.41) is 0.840. The number of rotatable bonds is 6. The molecule has 0 aliphatic heterocycles. The smallest absolute Gasteiger partial charge is 0.338 e. The van der Waals surface area contributed by atoms with Crippen LogP contribution in [0.25, 0.3) is 11.0 Å². The Kier molecular flexibility index (Phi) is 4.83. The number of anilines is 2. The fraction of sp³-hybridized carbons (Fsp3) is 0.278. The van der Waals surface area contributed by atoms with E-state index in [4.69, 9.17) is 16.2 Å². The van der Waals surface area contributed by atoms with Crippen molar-refractivity contribution in [3.8, 4) is 0 Å². The molecule has 1 aromatic carbocycles. The minimum Gasteiger partial charge on any atom is -0.462 e. The molecule has 0 atom stereocenters. The van der Waals surface area contributed by atoms with Gasteiger partial charge in [0.15, 0.2) is 0 Å². The van der Waals surface area contributed by atoms with Gasteiger partial charge in [0.1, 0.15) is 11.5 Å². The Morgan fingerprint density at radius 3 is 2.64 bits per heavy atom. The molecule has 0 amide bonds. The van der Waals surface area contributed by atoms with E-state index < -0.39 is 0 Å². The highest BCUT2D eigenvalue weighted by atomic mass is 16.5. The predicted octanol–water partition coefficient (Wildman–Crippen LogP) is 2.47. The molecule has 0 saturated heterocycles. The molecule has 0 fully saturated rings. The number of nitrogens with one attached hydrogen (secondary N) is 1. The molecule has 5 N–H and O–H groups in total. The van der Waals surface area contributed by atoms with E-state index in [0.717, 1.165) is 30.2 Å². The van der Waals surface area contributed by atoms with Crippen LogP contribution in [0.3, 0.4) is 0 Å². The molecular formula is C18H21N5O2. The first-order chi connectivity index (χ1) is 12.1. The topological polar surface area (TPSA) is 120 Å². The number of H-pyrrole nitrogens is 1. The van der Waals surface area contributed by atoms with Gasteiger partial charge in [-0.3, -0.25) is 0 Å². The van der Waals surface area contributed by atoms with Gasteiger partial charge < -0.3 is 21.2 Å². The molecule has 0 bridgehead atoms. The molecule has 0 aliphatic rings. The molecule has 0 unspecified atom stereocenters. The second kappa shape index (κ2) is 7.21. The Balaban J connectivity index is 1.63. The summed E-state index contributed by atoms with van der Waals surface area (Å²) >= 11 is 0. The number of nitrogens with two attached hydrogens (primary N) is 2. The second-order valence-corrected chi connectivity index (χ2v) is 5.78. The Labute approximate surface area is 145 Å². The van der Waals surface area contributed by atoms with Gasteiger partial charge in [0.05, 0.1) is 17.6 Å². The monoisotopic (exact) mass is 339 g/mol. The molecular weight excluding hydrogens is 318 g/mol. The number of aromatic amines is 1. The van der Waals surface area contributed by atoms with Crippen molar-refractivity contribution in [1.29, 1.82) is 0 Å². The Morgan fingerprint density at radius 2 is 1.92 bits per heavy atom. The normalized spacial score (nSPS) is 10.9. The van der Waals surface area contributed by atoms with Crippen molar-refractivity contribution in [3.63, 3.8) is 0 Å². The van der Waals surface area contributed by atoms with E-state index in [1.54, 1.807) is 19.1 Å². The van der Waals surface area contributed by atoms with E-state index in [2.05, 4.69) is 15.0 Å². The molecule has 7 nitrogen and oxygen atoms in total. The molecule has 3 rings (SSSR count). The van der Waals surface area contributed by atoms with Gasteiger partial charge in [0.25, 0.3) is 0 Å². The zero-order valence-electron chi connectivity index (χ0n) is 14.1. The summed E-state index contributed by atoms with van der Waals surface area (Å²) in [6.45, 7) is 2.17. The minimum absolute atomic E-state index is 0.167. The van der Waals surface area contributed by atoms with E-state index in [1.807, 2.05) is 18.3 Å². The average Bonchev–Trinajstić information content (AvgIpc) is 2.99. The van der Waals surface area contributed by atoms with E-state index in [9.17, 15) is 4.79 Å². The molecule has 25 heavy (non-hydrogen) atoms. The van der Waals surface area contributed by atoms with Crippen LogP contribution in [-0.4, -0.2) is 27.5 Å². The van der Waals surface area contributed by atoms with Crippen molar-refractivity contribution < 1.29 is 9.53 Å². The fourth-order valence-electron chi connectivity index (χ4n) is 2.85. The molecule has 130 valence electrons. The quantitative estimate of drug-likeness (QED) is 0.593. The van der Waals surface area contributed by atoms with Crippen molar-refractivity contribution in [2.75, 3.05) is 18.1 Å². The number of esters is 1. The summed E-state index contributed by atoms with van der Waals surface area (Å²) in [6.07, 6.45) is 4.58. The maximum atomic E-state index is 11.6. The van der Waals surface area contributed by atoms with Crippen LogP contribution in [0.1, 0.15) is 34.8 Å². The third-order valence-corrected chi connectivity index (χ3v) is 4.04. The summed E-state index contributed by atoms with van der Waals surface area (Å²) in [5.74, 6) is 0.278. The average molecular weight is 339 g/mol. The number of nitrogens with zero attached hydrogens (tertiary/aromatic N) is 2. The van der Waals surface area contributed by atoms with Crippen molar-refractivity contribution in [1.82, 2.24) is 15.0 Å². The van der Waals surface area contributed by atoms with Crippen molar-refractivity contribution >= 4 is 28.8 Å². The third-order valence-electron chi connectivity index (χ3n) is 4.04. The summed E-state index contributed by atoms with van der Waals surface area (Å²) in [7, 11) is 0. The van der Waals surface area contributed by atoms with E-state index in [1.165, 1.54) is 5.56 Å². The first kappa shape index (κ1) is 16.8. The number of aryl methyl sites for hydroxylation is 2. The molecule has 2 heterocycles. The second-order valence-electron chi connectivity index (χ2n) is 5.78. The lowest BCUT2D eigenvalue weighted by molar-refractivity contribution is 0.0526. The largest absolute Gasteiger partial charge is 0.462 e. The van der Waals surface area contributed by atoms with Crippen LogP contribution in [0.4, 0.5) is 11.8 Å². The number of hydrogen-bond acceptors (Lipinski definition) is 6. The molecule has 0 aliphatic carbocycles. The molecule has 0 spiro atoms. The highest BCUT2D eigenvalue weighted by molar-refractivity contribution is 5.90. The van der Waals surface area contributed by atoms with Crippen LogP contribution >= 0.6 is 0 Å². The molecule has 2 aromatic heterocycles. The molecule has 7 heteroatoms. The summed E-state index contributed by atoms with van der Waals surface area (Å²) < 4.78 is 4.98. The standard InChI is InChI=1S/C18H21N5O2/c1-2-25-17(24)12-8-6-11(7-9-12)4-3-5-13-10-21-16-14(13)15(19)22-18(20)23-16/h6-10H,2-5H2,1H3,(H5,19,20,21,22,23). The SMILES string of the molecule is CCOC(=O)c1ccc(CCCc2c[nH]c3nc(N)nc(N)c23)cc1. The highest BCUT2D eigenvalue weighted by Crippen LogP contribution is 2.24. The summed E-state index contributed by atoms with van der Waals surface area (Å²) in [6, 6.07) is 7.51. The van der Waals surface area contributed by atoms with Crippen molar-refractivity contribution in [2.45, 2.75) is 26.2 Å². The van der Waals surface area contributed by atoms with Crippen LogP contribution < -0.4 is 11.5 Å². The lowest BCUT2D eigenvalue weighted by atomic mass is 10.0. The zero-order chi connectivity index (χ0) is 17.8. The first-order valence-electron chi connectivity index (χ1n) is 8.23. The van der Waals surface area contributed by atoms with Gasteiger partial charge in [-0.2, -0.15) is 9.97 Å². The zero-order valence-corrected chi connectivity index (χ0v) is 14.1. The fourth-order valence-corrected chi connectivity index (χ4v) is 2.85. The Morgan fingerprint density at radius 1 is 1.16 bits per heavy atom. The number of ether oxygens (including phenoxy) is 1. The summed E-state index contributed by atoms with van der Waals surface area (Å²) in [4.78, 5) is 22.9. The van der Waals surface area contributed by atoms with Gasteiger partial charge >= 0.3 is 5.97 Å². The van der Waals surface area contributed by atoms with Crippen LogP contribution in [0.2, 0.25) is 0 Å². The van der Waals surface area contributed by atoms with Crippen LogP contribution in [0.15, 0.2) is 30.5 Å². The third kappa shape index (κ3) is 3.71. The van der Waals surface area contributed by atoms with Crippen LogP contribution in [0.5, 0.6) is 0 Å². The van der Waals surface area contributed by atoms with Crippen molar-refractivity contribution in [2.24, 2.45) is 0 Å². The molecule has 0 saturated carbocycles. The molecule has 0 radical (unpaired) electrons. The maximum Gasteiger partial charge on any atom is 0.338 e. The lowest BCUT2D eigenvalue weighted by Gasteiger charge is -2.05. The number of aromatic nitrogens is 3. The number of nitrogen functional groups attached to an aromatic ring is 2. The minimum atomic E-state index is -0.289. The Bertz CT molecular complexity index is 886. The Hall–Kier alpha value is -3.09. The van der Waals surface area contributed by atoms with Gasteiger partial charge in [-0.05, 0) is 49.4 Å². The number of hydrogen-bond donors (Lipinski definition) is 3. The van der Waals surface area contributed by atoms with Crippen LogP contribution in [-0.2, 0) is 17.6 Å². The lowest BCUT2D eigenvalue weighted by Crippen LogP contribution is -2.04. The van der Waals surface area contributed by atoms with E-state index in [0.29, 0.717) is 23.6 Å². The predicted molar refractivity (Wildman–Crippen MR) is 97.1 cm³/mol. The summed E-state index contributed by atoms with van der Waals surface area (Å²) in [5.41, 5.74) is 15.1. The number of carbonyl (C=O) groups excluding carboxylic acids is 1. The van der Waals surface area contributed by atoms with Gasteiger partial charge in [-0.15, -0.1) is 0 Å². The van der Waals surface area contributed by atoms with Gasteiger partial charge in [-0.1, -0.05) is 12.1 Å². The van der Waals surface area contributed by atoms with Gasteiger partial charge in [-0.25, -0.2) is 4.79 Å². The maximum absolute atomic E-state index is 11.6.